The van der Waals surface area contributed by atoms with Crippen molar-refractivity contribution >= 4 is 61.1 Å². The van der Waals surface area contributed by atoms with E-state index in [2.05, 4.69) is 41.5 Å². The SMILES string of the molecule is CCCCCCCCCCCCCCCC(=O)OCC[S].CCCCCCCCCCCCCCCC(=O)OCC[S].[CH2]CCC.[CH2]CCC.[Sn]. The molecule has 0 aromatic carbocycles. The van der Waals surface area contributed by atoms with E-state index in [1.54, 1.807) is 0 Å². The van der Waals surface area contributed by atoms with Crippen molar-refractivity contribution in [2.45, 2.75) is 233 Å². The Labute approximate surface area is 349 Å². The molecule has 0 aromatic rings. The molecule has 7 heteroatoms. The zero-order valence-corrected chi connectivity index (χ0v) is 39.3. The van der Waals surface area contributed by atoms with Gasteiger partial charge in [-0.15, -0.1) is 0 Å². The van der Waals surface area contributed by atoms with E-state index in [1.807, 2.05) is 0 Å². The monoisotopic (exact) mass is 865 g/mol. The molecule has 0 aromatic heterocycles. The van der Waals surface area contributed by atoms with Crippen molar-refractivity contribution < 1.29 is 19.1 Å². The molecule has 0 N–H and O–H groups in total. The average Bonchev–Trinajstić information content (AvgIpc) is 3.14. The van der Waals surface area contributed by atoms with Crippen molar-refractivity contribution in [3.05, 3.63) is 13.8 Å². The molecule has 0 saturated heterocycles. The molecule has 0 aliphatic heterocycles. The summed E-state index contributed by atoms with van der Waals surface area (Å²) in [5.41, 5.74) is 0. The summed E-state index contributed by atoms with van der Waals surface area (Å²) < 4.78 is 9.91. The number of hydrogen-bond donors (Lipinski definition) is 0. The fourth-order valence-corrected chi connectivity index (χ4v) is 5.20. The van der Waals surface area contributed by atoms with Gasteiger partial charge in [-0.25, -0.2) is 0 Å². The standard InChI is InChI=1S/2C18H35O2S.2C4H9.Sn/c2*1-2-3-4-5-6-7-8-9-10-11-12-13-14-15-18(19)20-16-17-21;2*1-3-4-2;/h2*2-17H2,1H3;2*1,3-4H2,2H3;. The maximum Gasteiger partial charge on any atom is 0.305 e. The quantitative estimate of drug-likeness (QED) is 0.0367. The van der Waals surface area contributed by atoms with Crippen LogP contribution in [0.5, 0.6) is 0 Å². The van der Waals surface area contributed by atoms with Crippen LogP contribution in [0.1, 0.15) is 233 Å². The van der Waals surface area contributed by atoms with Crippen LogP contribution in [-0.4, -0.2) is 60.6 Å². The van der Waals surface area contributed by atoms with E-state index in [1.165, 1.54) is 154 Å². The first kappa shape index (κ1) is 60.7. The van der Waals surface area contributed by atoms with Crippen LogP contribution in [0.15, 0.2) is 0 Å². The third kappa shape index (κ3) is 72.4. The molecule has 0 bridgehead atoms. The second kappa shape index (κ2) is 62.4. The number of carbonyl (C=O) groups excluding carboxylic acids is 2. The van der Waals surface area contributed by atoms with Gasteiger partial charge in [-0.2, -0.15) is 0 Å². The summed E-state index contributed by atoms with van der Waals surface area (Å²) in [7, 11) is 0. The molecule has 51 heavy (non-hydrogen) atoms. The summed E-state index contributed by atoms with van der Waals surface area (Å²) >= 11 is 9.47. The van der Waals surface area contributed by atoms with Gasteiger partial charge in [0.15, 0.2) is 0 Å². The molecule has 0 rings (SSSR count). The third-order valence-corrected chi connectivity index (χ3v) is 8.70. The Morgan fingerprint density at radius 1 is 0.392 bits per heavy atom. The Morgan fingerprint density at radius 3 is 0.765 bits per heavy atom. The summed E-state index contributed by atoms with van der Waals surface area (Å²) in [6.45, 7) is 16.8. The topological polar surface area (TPSA) is 52.6 Å². The smallest absolute Gasteiger partial charge is 0.305 e. The Kier molecular flexibility index (Phi) is 74.3. The van der Waals surface area contributed by atoms with E-state index in [0.29, 0.717) is 37.6 Å². The average molecular weight is 864 g/mol. The molecule has 0 spiro atoms. The Balaban J connectivity index is -0.000000224. The number of hydrogen-bond acceptors (Lipinski definition) is 4. The molecule has 0 amide bonds. The molecule has 0 atom stereocenters. The normalized spacial score (nSPS) is 10.0. The van der Waals surface area contributed by atoms with Gasteiger partial charge in [-0.05, 0) is 12.8 Å². The van der Waals surface area contributed by atoms with E-state index in [9.17, 15) is 9.59 Å². The van der Waals surface area contributed by atoms with Crippen molar-refractivity contribution in [1.29, 1.82) is 0 Å². The van der Waals surface area contributed by atoms with E-state index in [4.69, 9.17) is 34.7 Å². The summed E-state index contributed by atoms with van der Waals surface area (Å²) in [6, 6.07) is 0. The van der Waals surface area contributed by atoms with E-state index < -0.39 is 0 Å². The number of rotatable bonds is 34. The second-order valence-corrected chi connectivity index (χ2v) is 14.4. The van der Waals surface area contributed by atoms with Crippen molar-refractivity contribution in [3.63, 3.8) is 0 Å². The predicted octanol–water partition coefficient (Wildman–Crippen LogP) is 15.3. The van der Waals surface area contributed by atoms with Gasteiger partial charge >= 0.3 is 11.9 Å². The minimum Gasteiger partial charge on any atom is -0.465 e. The Morgan fingerprint density at radius 2 is 0.588 bits per heavy atom. The minimum absolute atomic E-state index is 0. The van der Waals surface area contributed by atoms with Crippen LogP contribution < -0.4 is 0 Å². The molecule has 0 aliphatic carbocycles. The van der Waals surface area contributed by atoms with Gasteiger partial charge in [0.2, 0.25) is 0 Å². The molecule has 304 valence electrons. The molecular formula is C44H88O4S2Sn. The molecule has 0 aliphatic rings. The summed E-state index contributed by atoms with van der Waals surface area (Å²) in [6.07, 6.45) is 40.2. The van der Waals surface area contributed by atoms with E-state index in [-0.39, 0.29) is 35.8 Å². The van der Waals surface area contributed by atoms with Gasteiger partial charge in [0.25, 0.3) is 0 Å². The Hall–Kier alpha value is 0.439. The van der Waals surface area contributed by atoms with Crippen LogP contribution >= 0.6 is 25.3 Å². The van der Waals surface area contributed by atoms with Gasteiger partial charge in [0.1, 0.15) is 13.2 Å². The maximum absolute atomic E-state index is 11.2. The van der Waals surface area contributed by atoms with Crippen LogP contribution in [0.3, 0.4) is 0 Å². The van der Waals surface area contributed by atoms with Crippen LogP contribution in [0.2, 0.25) is 0 Å². The van der Waals surface area contributed by atoms with Gasteiger partial charge in [-0.1, -0.05) is 247 Å². The van der Waals surface area contributed by atoms with Crippen molar-refractivity contribution in [2.75, 3.05) is 24.7 Å². The summed E-state index contributed by atoms with van der Waals surface area (Å²) in [5.74, 6) is 0.847. The van der Waals surface area contributed by atoms with Gasteiger partial charge < -0.3 is 9.47 Å². The van der Waals surface area contributed by atoms with Gasteiger partial charge in [-0.3, -0.25) is 9.59 Å². The fourth-order valence-electron chi connectivity index (χ4n) is 5.03. The largest absolute Gasteiger partial charge is 0.465 e. The summed E-state index contributed by atoms with van der Waals surface area (Å²) in [5, 5.41) is 0. The first-order chi connectivity index (χ1) is 24.4. The molecule has 8 radical (unpaired) electrons. The summed E-state index contributed by atoms with van der Waals surface area (Å²) in [4.78, 5) is 22.5. The van der Waals surface area contributed by atoms with E-state index >= 15 is 0 Å². The van der Waals surface area contributed by atoms with Gasteiger partial charge in [0.05, 0.1) is 0 Å². The predicted molar refractivity (Wildman–Crippen MR) is 234 cm³/mol. The van der Waals surface area contributed by atoms with Crippen LogP contribution in [0.4, 0.5) is 0 Å². The van der Waals surface area contributed by atoms with Crippen molar-refractivity contribution in [3.8, 4) is 0 Å². The zero-order chi connectivity index (χ0) is 38.0. The number of unbranched alkanes of at least 4 members (excludes halogenated alkanes) is 26. The fraction of sp³-hybridized carbons (Fsp3) is 0.909. The zero-order valence-electron chi connectivity index (χ0n) is 34.8. The number of esters is 2. The molecule has 4 nitrogen and oxygen atoms in total. The molecule has 0 saturated carbocycles. The number of carbonyl (C=O) groups is 2. The van der Waals surface area contributed by atoms with E-state index in [0.717, 1.165) is 38.5 Å². The van der Waals surface area contributed by atoms with Crippen molar-refractivity contribution in [1.82, 2.24) is 0 Å². The van der Waals surface area contributed by atoms with Gasteiger partial charge in [0, 0.05) is 48.3 Å². The molecule has 0 unspecified atom stereocenters. The van der Waals surface area contributed by atoms with Crippen molar-refractivity contribution in [2.24, 2.45) is 0 Å². The first-order valence-corrected chi connectivity index (χ1v) is 22.7. The molecule has 0 fully saturated rings. The first-order valence-electron chi connectivity index (χ1n) is 21.5. The Bertz CT molecular complexity index is 541. The second-order valence-electron chi connectivity index (χ2n) is 13.5. The van der Waals surface area contributed by atoms with Crippen LogP contribution in [0, 0.1) is 13.8 Å². The maximum atomic E-state index is 11.2. The minimum atomic E-state index is -0.0806. The van der Waals surface area contributed by atoms with Crippen LogP contribution in [0.25, 0.3) is 0 Å². The number of ether oxygens (including phenoxy) is 2. The molecule has 0 heterocycles. The van der Waals surface area contributed by atoms with Crippen LogP contribution in [-0.2, 0) is 19.1 Å². The third-order valence-electron chi connectivity index (χ3n) is 8.37. The molecular weight excluding hydrogens is 775 g/mol.